The van der Waals surface area contributed by atoms with Gasteiger partial charge in [0, 0.05) is 24.5 Å². The highest BCUT2D eigenvalue weighted by atomic mass is 16.2. The van der Waals surface area contributed by atoms with Gasteiger partial charge in [-0.2, -0.15) is 0 Å². The number of anilines is 2. The van der Waals surface area contributed by atoms with E-state index in [1.165, 1.54) is 5.56 Å². The molecule has 0 aliphatic carbocycles. The zero-order chi connectivity index (χ0) is 18.4. The van der Waals surface area contributed by atoms with Crippen molar-refractivity contribution in [3.05, 3.63) is 46.8 Å². The van der Waals surface area contributed by atoms with E-state index in [0.717, 1.165) is 42.9 Å². The molecule has 5 heteroatoms. The number of nitrogens with one attached hydrogen (secondary N) is 1. The molecule has 134 valence electrons. The summed E-state index contributed by atoms with van der Waals surface area (Å²) in [6.07, 6.45) is 1.87. The van der Waals surface area contributed by atoms with Crippen LogP contribution in [0.3, 0.4) is 0 Å². The zero-order valence-electron chi connectivity index (χ0n) is 15.9. The van der Waals surface area contributed by atoms with E-state index >= 15 is 0 Å². The Bertz CT molecular complexity index is 736. The predicted molar refractivity (Wildman–Crippen MR) is 102 cm³/mol. The fraction of sp³-hybridized carbons (Fsp3) is 0.450. The van der Waals surface area contributed by atoms with Crippen LogP contribution in [0.4, 0.5) is 11.6 Å². The van der Waals surface area contributed by atoms with E-state index in [-0.39, 0.29) is 5.91 Å². The lowest BCUT2D eigenvalue weighted by atomic mass is 10.1. The van der Waals surface area contributed by atoms with Gasteiger partial charge in [-0.1, -0.05) is 31.5 Å². The number of hydrogen-bond acceptors (Lipinski definition) is 4. The van der Waals surface area contributed by atoms with Gasteiger partial charge in [0.2, 0.25) is 5.95 Å². The number of amides is 1. The largest absolute Gasteiger partial charge is 0.337 e. The maximum absolute atomic E-state index is 12.8. The standard InChI is InChI=1S/C20H28N4O/c1-6-10-24(11-7-2)19(25)18-13-16(5)21-20(23-18)22-17-9-8-14(3)12-15(17)4/h8-9,12-13H,6-7,10-11H2,1-5H3,(H,21,22,23). The van der Waals surface area contributed by atoms with Gasteiger partial charge in [-0.05, 0) is 51.3 Å². The Morgan fingerprint density at radius 3 is 2.32 bits per heavy atom. The van der Waals surface area contributed by atoms with E-state index in [9.17, 15) is 4.79 Å². The van der Waals surface area contributed by atoms with Crippen molar-refractivity contribution in [2.45, 2.75) is 47.5 Å². The van der Waals surface area contributed by atoms with Crippen molar-refractivity contribution < 1.29 is 4.79 Å². The highest BCUT2D eigenvalue weighted by molar-refractivity contribution is 5.92. The van der Waals surface area contributed by atoms with E-state index in [4.69, 9.17) is 0 Å². The normalized spacial score (nSPS) is 10.6. The minimum atomic E-state index is -0.0297. The van der Waals surface area contributed by atoms with Crippen LogP contribution in [0.25, 0.3) is 0 Å². The van der Waals surface area contributed by atoms with Gasteiger partial charge in [0.25, 0.3) is 5.91 Å². The Morgan fingerprint density at radius 2 is 1.72 bits per heavy atom. The van der Waals surface area contributed by atoms with Crippen LogP contribution >= 0.6 is 0 Å². The van der Waals surface area contributed by atoms with Gasteiger partial charge in [0.05, 0.1) is 0 Å². The molecule has 0 atom stereocenters. The summed E-state index contributed by atoms with van der Waals surface area (Å²) in [4.78, 5) is 23.6. The number of hydrogen-bond donors (Lipinski definition) is 1. The highest BCUT2D eigenvalue weighted by Crippen LogP contribution is 2.20. The number of rotatable bonds is 7. The molecule has 0 saturated heterocycles. The average molecular weight is 340 g/mol. The Hall–Kier alpha value is -2.43. The molecule has 1 N–H and O–H groups in total. The first-order chi connectivity index (χ1) is 11.9. The lowest BCUT2D eigenvalue weighted by Crippen LogP contribution is -2.33. The molecule has 0 unspecified atom stereocenters. The van der Waals surface area contributed by atoms with E-state index in [1.54, 1.807) is 6.07 Å². The molecular formula is C20H28N4O. The molecule has 0 aliphatic rings. The summed E-state index contributed by atoms with van der Waals surface area (Å²) in [5.41, 5.74) is 4.50. The van der Waals surface area contributed by atoms with E-state index < -0.39 is 0 Å². The van der Waals surface area contributed by atoms with E-state index in [2.05, 4.69) is 42.1 Å². The van der Waals surface area contributed by atoms with Crippen LogP contribution in [0.15, 0.2) is 24.3 Å². The third-order valence-corrected chi connectivity index (χ3v) is 3.98. The minimum absolute atomic E-state index is 0.0297. The molecule has 0 radical (unpaired) electrons. The molecule has 0 aliphatic heterocycles. The molecule has 0 fully saturated rings. The number of aryl methyl sites for hydroxylation is 3. The lowest BCUT2D eigenvalue weighted by Gasteiger charge is -2.21. The van der Waals surface area contributed by atoms with Gasteiger partial charge in [0.15, 0.2) is 0 Å². The fourth-order valence-electron chi connectivity index (χ4n) is 2.83. The second kappa shape index (κ2) is 8.60. The van der Waals surface area contributed by atoms with Crippen LogP contribution in [0, 0.1) is 20.8 Å². The molecule has 5 nitrogen and oxygen atoms in total. The van der Waals surface area contributed by atoms with Crippen molar-refractivity contribution in [1.82, 2.24) is 14.9 Å². The van der Waals surface area contributed by atoms with Crippen molar-refractivity contribution in [2.24, 2.45) is 0 Å². The Morgan fingerprint density at radius 1 is 1.04 bits per heavy atom. The Balaban J connectivity index is 2.28. The monoisotopic (exact) mass is 340 g/mol. The fourth-order valence-corrected chi connectivity index (χ4v) is 2.83. The third-order valence-electron chi connectivity index (χ3n) is 3.98. The maximum atomic E-state index is 12.8. The SMILES string of the molecule is CCCN(CCC)C(=O)c1cc(C)nc(Nc2ccc(C)cc2C)n1. The quantitative estimate of drug-likeness (QED) is 0.811. The number of carbonyl (C=O) groups is 1. The molecule has 1 heterocycles. The molecule has 25 heavy (non-hydrogen) atoms. The van der Waals surface area contributed by atoms with Crippen LogP contribution in [0.1, 0.15) is 54.0 Å². The second-order valence-corrected chi connectivity index (χ2v) is 6.45. The van der Waals surface area contributed by atoms with Gasteiger partial charge < -0.3 is 10.2 Å². The minimum Gasteiger partial charge on any atom is -0.337 e. The van der Waals surface area contributed by atoms with Crippen molar-refractivity contribution >= 4 is 17.5 Å². The van der Waals surface area contributed by atoms with Crippen LogP contribution in [0.2, 0.25) is 0 Å². The topological polar surface area (TPSA) is 58.1 Å². The predicted octanol–water partition coefficient (Wildman–Crippen LogP) is 4.41. The molecule has 2 rings (SSSR count). The first-order valence-electron chi connectivity index (χ1n) is 8.93. The van der Waals surface area contributed by atoms with Crippen LogP contribution < -0.4 is 5.32 Å². The summed E-state index contributed by atoms with van der Waals surface area (Å²) in [6, 6.07) is 7.92. The Labute approximate surface area is 150 Å². The summed E-state index contributed by atoms with van der Waals surface area (Å²) < 4.78 is 0. The smallest absolute Gasteiger partial charge is 0.272 e. The van der Waals surface area contributed by atoms with Crippen LogP contribution in [-0.2, 0) is 0 Å². The first kappa shape index (κ1) is 18.9. The molecular weight excluding hydrogens is 312 g/mol. The van der Waals surface area contributed by atoms with Crippen molar-refractivity contribution in [3.63, 3.8) is 0 Å². The number of aromatic nitrogens is 2. The Kier molecular flexibility index (Phi) is 6.51. The van der Waals surface area contributed by atoms with Crippen molar-refractivity contribution in [2.75, 3.05) is 18.4 Å². The van der Waals surface area contributed by atoms with E-state index in [0.29, 0.717) is 11.6 Å². The van der Waals surface area contributed by atoms with Gasteiger partial charge >= 0.3 is 0 Å². The van der Waals surface area contributed by atoms with Gasteiger partial charge in [-0.3, -0.25) is 4.79 Å². The van der Waals surface area contributed by atoms with Gasteiger partial charge in [0.1, 0.15) is 5.69 Å². The molecule has 0 spiro atoms. The number of nitrogens with zero attached hydrogens (tertiary/aromatic N) is 3. The molecule has 0 bridgehead atoms. The molecule has 1 aromatic carbocycles. The lowest BCUT2D eigenvalue weighted by molar-refractivity contribution is 0.0749. The third kappa shape index (κ3) is 5.02. The summed E-state index contributed by atoms with van der Waals surface area (Å²) in [5, 5.41) is 3.25. The number of benzene rings is 1. The molecule has 1 amide bonds. The van der Waals surface area contributed by atoms with Gasteiger partial charge in [-0.25, -0.2) is 9.97 Å². The van der Waals surface area contributed by atoms with Crippen LogP contribution in [0.5, 0.6) is 0 Å². The van der Waals surface area contributed by atoms with Crippen molar-refractivity contribution in [1.29, 1.82) is 0 Å². The van der Waals surface area contributed by atoms with Crippen LogP contribution in [-0.4, -0.2) is 33.9 Å². The molecule has 2 aromatic rings. The second-order valence-electron chi connectivity index (χ2n) is 6.45. The molecule has 0 saturated carbocycles. The summed E-state index contributed by atoms with van der Waals surface area (Å²) in [7, 11) is 0. The first-order valence-corrected chi connectivity index (χ1v) is 8.93. The summed E-state index contributed by atoms with van der Waals surface area (Å²) in [5.74, 6) is 0.432. The highest BCUT2D eigenvalue weighted by Gasteiger charge is 2.17. The van der Waals surface area contributed by atoms with Gasteiger partial charge in [-0.15, -0.1) is 0 Å². The summed E-state index contributed by atoms with van der Waals surface area (Å²) >= 11 is 0. The zero-order valence-corrected chi connectivity index (χ0v) is 15.9. The van der Waals surface area contributed by atoms with E-state index in [1.807, 2.05) is 30.9 Å². The van der Waals surface area contributed by atoms with Crippen molar-refractivity contribution in [3.8, 4) is 0 Å². The summed E-state index contributed by atoms with van der Waals surface area (Å²) in [6.45, 7) is 11.6. The number of carbonyl (C=O) groups excluding carboxylic acids is 1. The average Bonchev–Trinajstić information content (AvgIpc) is 2.56. The maximum Gasteiger partial charge on any atom is 0.272 e. The molecule has 1 aromatic heterocycles.